The summed E-state index contributed by atoms with van der Waals surface area (Å²) in [6.07, 6.45) is 2.00. The third kappa shape index (κ3) is 3.70. The van der Waals surface area contributed by atoms with Gasteiger partial charge in [-0.15, -0.1) is 0 Å². The van der Waals surface area contributed by atoms with E-state index in [1.807, 2.05) is 36.4 Å². The first-order valence-corrected chi connectivity index (χ1v) is 11.3. The molecule has 1 heterocycles. The minimum atomic E-state index is -0.575. The van der Waals surface area contributed by atoms with Crippen LogP contribution in [0.5, 0.6) is 0 Å². The summed E-state index contributed by atoms with van der Waals surface area (Å²) < 4.78 is 0. The number of ketones is 1. The molecule has 0 unspecified atom stereocenters. The van der Waals surface area contributed by atoms with Crippen LogP contribution in [-0.4, -0.2) is 11.7 Å². The zero-order valence-corrected chi connectivity index (χ0v) is 18.7. The summed E-state index contributed by atoms with van der Waals surface area (Å²) in [6.45, 7) is 0. The number of hydrogen-bond donors (Lipinski definition) is 1. The fourth-order valence-electron chi connectivity index (χ4n) is 4.45. The molecule has 4 nitrogen and oxygen atoms in total. The van der Waals surface area contributed by atoms with Gasteiger partial charge in [0.2, 0.25) is 0 Å². The molecule has 0 aromatic heterocycles. The standard InChI is InChI=1S/C26H20Cl2N2O2/c27-18-12-8-16(9-13-18)25-24-21(5-3-7-23(24)31)29-20-4-1-2-6-22(20)30(25)26(32)17-10-14-19(28)15-11-17/h1-2,4,6,8-15,25,29H,3,5,7H2/t25-/m1/s1. The Labute approximate surface area is 196 Å². The van der Waals surface area contributed by atoms with Gasteiger partial charge < -0.3 is 5.32 Å². The Bertz CT molecular complexity index is 1230. The molecule has 0 spiro atoms. The van der Waals surface area contributed by atoms with Crippen molar-refractivity contribution in [2.75, 3.05) is 10.2 Å². The maximum Gasteiger partial charge on any atom is 0.259 e. The van der Waals surface area contributed by atoms with Crippen LogP contribution >= 0.6 is 23.2 Å². The number of carbonyl (C=O) groups excluding carboxylic acids is 2. The second-order valence-corrected chi connectivity index (χ2v) is 8.82. The zero-order chi connectivity index (χ0) is 22.2. The summed E-state index contributed by atoms with van der Waals surface area (Å²) in [5.41, 5.74) is 4.36. The van der Waals surface area contributed by atoms with Gasteiger partial charge in [0.25, 0.3) is 5.91 Å². The number of carbonyl (C=O) groups is 2. The smallest absolute Gasteiger partial charge is 0.259 e. The lowest BCUT2D eigenvalue weighted by Gasteiger charge is -2.34. The average Bonchev–Trinajstić information content (AvgIpc) is 2.95. The Morgan fingerprint density at radius 3 is 2.25 bits per heavy atom. The van der Waals surface area contributed by atoms with E-state index in [1.165, 1.54) is 0 Å². The molecule has 0 fully saturated rings. The number of fused-ring (bicyclic) bond motifs is 1. The quantitative estimate of drug-likeness (QED) is 0.454. The molecule has 32 heavy (non-hydrogen) atoms. The van der Waals surface area contributed by atoms with E-state index in [-0.39, 0.29) is 11.7 Å². The summed E-state index contributed by atoms with van der Waals surface area (Å²) in [6, 6.07) is 21.3. The molecule has 1 N–H and O–H groups in total. The Kier molecular flexibility index (Phi) is 5.50. The maximum atomic E-state index is 14.0. The van der Waals surface area contributed by atoms with E-state index in [1.54, 1.807) is 41.3 Å². The highest BCUT2D eigenvalue weighted by Crippen LogP contribution is 2.45. The molecule has 0 saturated heterocycles. The van der Waals surface area contributed by atoms with Crippen LogP contribution in [0.3, 0.4) is 0 Å². The van der Waals surface area contributed by atoms with E-state index in [2.05, 4.69) is 5.32 Å². The van der Waals surface area contributed by atoms with Crippen LogP contribution in [-0.2, 0) is 4.79 Å². The Morgan fingerprint density at radius 2 is 1.53 bits per heavy atom. The van der Waals surface area contributed by atoms with E-state index in [9.17, 15) is 9.59 Å². The van der Waals surface area contributed by atoms with E-state index in [0.29, 0.717) is 27.6 Å². The van der Waals surface area contributed by atoms with Gasteiger partial charge in [-0.05, 0) is 66.9 Å². The SMILES string of the molecule is O=C1CCCC2=C1[C@@H](c1ccc(Cl)cc1)N(C(=O)c1ccc(Cl)cc1)c1ccccc1N2. The van der Waals surface area contributed by atoms with Crippen LogP contribution in [0.15, 0.2) is 84.1 Å². The molecular weight excluding hydrogens is 443 g/mol. The predicted molar refractivity (Wildman–Crippen MR) is 128 cm³/mol. The Hall–Kier alpha value is -3.08. The van der Waals surface area contributed by atoms with Crippen molar-refractivity contribution in [3.63, 3.8) is 0 Å². The second-order valence-electron chi connectivity index (χ2n) is 7.95. The van der Waals surface area contributed by atoms with Crippen LogP contribution < -0.4 is 10.2 Å². The first kappa shape index (κ1) is 20.8. The van der Waals surface area contributed by atoms with Crippen molar-refractivity contribution in [3.05, 3.63) is 105 Å². The minimum Gasteiger partial charge on any atom is -0.357 e. The van der Waals surface area contributed by atoms with Crippen LogP contribution in [0, 0.1) is 0 Å². The number of nitrogens with one attached hydrogen (secondary N) is 1. The second kappa shape index (κ2) is 8.45. The molecule has 1 amide bonds. The Balaban J connectivity index is 1.77. The van der Waals surface area contributed by atoms with Crippen LogP contribution in [0.2, 0.25) is 10.0 Å². The van der Waals surface area contributed by atoms with E-state index in [0.717, 1.165) is 35.5 Å². The number of allylic oxidation sites excluding steroid dienone is 1. The molecule has 0 bridgehead atoms. The van der Waals surface area contributed by atoms with E-state index in [4.69, 9.17) is 23.2 Å². The van der Waals surface area contributed by atoms with Crippen molar-refractivity contribution in [1.82, 2.24) is 0 Å². The van der Waals surface area contributed by atoms with Gasteiger partial charge in [0.15, 0.2) is 5.78 Å². The molecule has 0 saturated carbocycles. The maximum absolute atomic E-state index is 14.0. The number of para-hydroxylation sites is 2. The van der Waals surface area contributed by atoms with Gasteiger partial charge in [-0.1, -0.05) is 47.5 Å². The fraction of sp³-hybridized carbons (Fsp3) is 0.154. The third-order valence-electron chi connectivity index (χ3n) is 5.93. The summed E-state index contributed by atoms with van der Waals surface area (Å²) in [4.78, 5) is 28.9. The summed E-state index contributed by atoms with van der Waals surface area (Å²) in [5.74, 6) is -0.150. The summed E-state index contributed by atoms with van der Waals surface area (Å²) in [5, 5.41) is 4.62. The number of halogens is 2. The molecular formula is C26H20Cl2N2O2. The zero-order valence-electron chi connectivity index (χ0n) is 17.1. The molecule has 6 heteroatoms. The van der Waals surface area contributed by atoms with Gasteiger partial charge in [-0.2, -0.15) is 0 Å². The number of anilines is 2. The average molecular weight is 463 g/mol. The van der Waals surface area contributed by atoms with Crippen molar-refractivity contribution in [3.8, 4) is 0 Å². The number of rotatable bonds is 2. The Morgan fingerprint density at radius 1 is 0.875 bits per heavy atom. The van der Waals surface area contributed by atoms with Gasteiger partial charge in [0.1, 0.15) is 0 Å². The number of hydrogen-bond acceptors (Lipinski definition) is 3. The largest absolute Gasteiger partial charge is 0.357 e. The fourth-order valence-corrected chi connectivity index (χ4v) is 4.70. The van der Waals surface area contributed by atoms with Gasteiger partial charge in [0, 0.05) is 33.3 Å². The number of amides is 1. The van der Waals surface area contributed by atoms with Crippen molar-refractivity contribution < 1.29 is 9.59 Å². The first-order chi connectivity index (χ1) is 15.5. The molecule has 3 aromatic carbocycles. The summed E-state index contributed by atoms with van der Waals surface area (Å²) in [7, 11) is 0. The van der Waals surface area contributed by atoms with Crippen molar-refractivity contribution in [1.29, 1.82) is 0 Å². The summed E-state index contributed by atoms with van der Waals surface area (Å²) >= 11 is 12.2. The molecule has 5 rings (SSSR count). The molecule has 1 aliphatic carbocycles. The molecule has 160 valence electrons. The molecule has 2 aliphatic rings. The number of nitrogens with zero attached hydrogens (tertiary/aromatic N) is 1. The lowest BCUT2D eigenvalue weighted by Crippen LogP contribution is -2.38. The van der Waals surface area contributed by atoms with Crippen LogP contribution in [0.1, 0.15) is 41.2 Å². The van der Waals surface area contributed by atoms with Crippen molar-refractivity contribution >= 4 is 46.3 Å². The van der Waals surface area contributed by atoms with Crippen LogP contribution in [0.25, 0.3) is 0 Å². The normalized spacial score (nSPS) is 17.9. The topological polar surface area (TPSA) is 49.4 Å². The molecule has 0 radical (unpaired) electrons. The van der Waals surface area contributed by atoms with Gasteiger partial charge in [-0.25, -0.2) is 0 Å². The molecule has 1 atom stereocenters. The monoisotopic (exact) mass is 462 g/mol. The number of benzene rings is 3. The highest BCUT2D eigenvalue weighted by Gasteiger charge is 2.39. The highest BCUT2D eigenvalue weighted by atomic mass is 35.5. The van der Waals surface area contributed by atoms with Gasteiger partial charge in [0.05, 0.1) is 17.4 Å². The van der Waals surface area contributed by atoms with Gasteiger partial charge >= 0.3 is 0 Å². The van der Waals surface area contributed by atoms with Crippen LogP contribution in [0.4, 0.5) is 11.4 Å². The minimum absolute atomic E-state index is 0.0559. The van der Waals surface area contributed by atoms with E-state index >= 15 is 0 Å². The lowest BCUT2D eigenvalue weighted by atomic mass is 9.85. The molecule has 3 aromatic rings. The lowest BCUT2D eigenvalue weighted by molar-refractivity contribution is -0.116. The predicted octanol–water partition coefficient (Wildman–Crippen LogP) is 6.81. The number of Topliss-reactive ketones (excluding diaryl/α,β-unsaturated/α-hetero) is 1. The molecule has 1 aliphatic heterocycles. The third-order valence-corrected chi connectivity index (χ3v) is 6.44. The van der Waals surface area contributed by atoms with Crippen molar-refractivity contribution in [2.24, 2.45) is 0 Å². The first-order valence-electron chi connectivity index (χ1n) is 10.5. The van der Waals surface area contributed by atoms with Crippen molar-refractivity contribution in [2.45, 2.75) is 25.3 Å². The van der Waals surface area contributed by atoms with Gasteiger partial charge in [-0.3, -0.25) is 14.5 Å². The van der Waals surface area contributed by atoms with E-state index < -0.39 is 6.04 Å². The highest BCUT2D eigenvalue weighted by molar-refractivity contribution is 6.31.